The molecule has 3 amide bonds. The minimum absolute atomic E-state index is 0.0646. The number of thiophene rings is 1. The first-order valence-electron chi connectivity index (χ1n) is 15.6. The first-order chi connectivity index (χ1) is 24.1. The lowest BCUT2D eigenvalue weighted by molar-refractivity contribution is -0.163. The molecule has 0 saturated carbocycles. The minimum atomic E-state index is -5.04. The van der Waals surface area contributed by atoms with Crippen LogP contribution in [0.1, 0.15) is 63.1 Å². The number of carbonyl (C=O) groups is 3. The third-order valence-electron chi connectivity index (χ3n) is 7.97. The Kier molecular flexibility index (Phi) is 12.6. The van der Waals surface area contributed by atoms with Gasteiger partial charge in [0.15, 0.2) is 6.04 Å². The van der Waals surface area contributed by atoms with Gasteiger partial charge < -0.3 is 26.2 Å². The van der Waals surface area contributed by atoms with Crippen LogP contribution in [-0.2, 0) is 19.6 Å². The second-order valence-electron chi connectivity index (χ2n) is 11.7. The van der Waals surface area contributed by atoms with Gasteiger partial charge in [-0.1, -0.05) is 60.7 Å². The van der Waals surface area contributed by atoms with Gasteiger partial charge in [0, 0.05) is 27.3 Å². The van der Waals surface area contributed by atoms with E-state index in [1.807, 2.05) is 0 Å². The molecule has 1 heterocycles. The van der Waals surface area contributed by atoms with Crippen LogP contribution in [0.2, 0.25) is 0 Å². The fraction of sp³-hybridized carbons (Fsp3) is 0.286. The number of primary amides is 1. The van der Waals surface area contributed by atoms with Gasteiger partial charge in [0.2, 0.25) is 21.8 Å². The summed E-state index contributed by atoms with van der Waals surface area (Å²) in [7, 11) is -3.30. The number of hydrogen-bond donors (Lipinski definition) is 4. The number of amides is 3. The Morgan fingerprint density at radius 1 is 0.863 bits per heavy atom. The molecule has 0 fully saturated rings. The highest BCUT2D eigenvalue weighted by Crippen LogP contribution is 2.41. The molecule has 0 spiro atoms. The van der Waals surface area contributed by atoms with E-state index in [4.69, 9.17) is 10.5 Å². The fourth-order valence-corrected chi connectivity index (χ4v) is 8.69. The summed E-state index contributed by atoms with van der Waals surface area (Å²) in [6.07, 6.45) is -6.08. The predicted molar refractivity (Wildman–Crippen MR) is 184 cm³/mol. The highest BCUT2D eigenvalue weighted by atomic mass is 32.2. The van der Waals surface area contributed by atoms with E-state index in [1.54, 1.807) is 60.7 Å². The summed E-state index contributed by atoms with van der Waals surface area (Å²) in [5, 5.41) is 14.9. The van der Waals surface area contributed by atoms with Gasteiger partial charge in [0.05, 0.1) is 24.7 Å². The molecule has 0 bridgehead atoms. The maximum absolute atomic E-state index is 14.8. The van der Waals surface area contributed by atoms with Crippen LogP contribution in [0.15, 0.2) is 102 Å². The topological polar surface area (TPSA) is 168 Å². The van der Waals surface area contributed by atoms with E-state index in [0.717, 1.165) is 17.5 Å². The lowest BCUT2D eigenvalue weighted by Crippen LogP contribution is -2.52. The van der Waals surface area contributed by atoms with Crippen molar-refractivity contribution in [3.8, 4) is 0 Å². The van der Waals surface area contributed by atoms with Crippen molar-refractivity contribution in [2.45, 2.75) is 55.0 Å². The lowest BCUT2D eigenvalue weighted by Gasteiger charge is -2.32. The molecule has 16 heteroatoms. The minimum Gasteiger partial charge on any atom is -0.453 e. The molecule has 4 rings (SSSR count). The zero-order chi connectivity index (χ0) is 37.5. The van der Waals surface area contributed by atoms with Crippen LogP contribution >= 0.6 is 11.3 Å². The molecule has 0 radical (unpaired) electrons. The summed E-state index contributed by atoms with van der Waals surface area (Å²) < 4.78 is 77.6. The van der Waals surface area contributed by atoms with E-state index in [1.165, 1.54) is 44.2 Å². The molecule has 51 heavy (non-hydrogen) atoms. The van der Waals surface area contributed by atoms with E-state index in [9.17, 15) is 41.1 Å². The SMILES string of the molecule is COC(=O)N[C@H](C(=O)N[C@H](c1ccc([C@@H](CO)N(C(C)C)S(=O)(=O)c2ccc(C(N)=O)cc2)s1)C(F)(F)F)C(c1ccccc1)c1ccccc1. The highest BCUT2D eigenvalue weighted by Gasteiger charge is 2.46. The number of alkyl carbamates (subject to hydrolysis) is 1. The molecule has 5 N–H and O–H groups in total. The number of aliphatic hydroxyl groups excluding tert-OH is 1. The number of rotatable bonds is 14. The number of methoxy groups -OCH3 is 1. The zero-order valence-corrected chi connectivity index (χ0v) is 29.3. The van der Waals surface area contributed by atoms with Gasteiger partial charge in [-0.15, -0.1) is 11.3 Å². The summed E-state index contributed by atoms with van der Waals surface area (Å²) >= 11 is 0.563. The van der Waals surface area contributed by atoms with Crippen LogP contribution in [0.3, 0.4) is 0 Å². The van der Waals surface area contributed by atoms with Crippen molar-refractivity contribution in [2.75, 3.05) is 13.7 Å². The Morgan fingerprint density at radius 3 is 1.84 bits per heavy atom. The number of benzene rings is 3. The molecule has 0 unspecified atom stereocenters. The third kappa shape index (κ3) is 9.13. The Balaban J connectivity index is 1.72. The quantitative estimate of drug-likeness (QED) is 0.137. The number of nitrogens with one attached hydrogen (secondary N) is 2. The maximum atomic E-state index is 14.8. The van der Waals surface area contributed by atoms with Crippen molar-refractivity contribution < 1.29 is 45.8 Å². The molecular formula is C35H37F3N4O7S2. The molecular weight excluding hydrogens is 710 g/mol. The standard InChI is InChI=1S/C35H37F3N4O7S2/c1-21(2)42(51(47,48)25-16-14-24(15-17-25)32(39)44)26(20-43)27-18-19-28(50-27)31(35(36,37)38)41-33(45)30(40-34(46)49-3)29(22-10-6-4-7-11-22)23-12-8-5-9-13-23/h4-19,21,26,29-31,43H,20H2,1-3H3,(H2,39,44)(H,40,46)(H,41,45)/t26-,30+,31-/m1/s1. The van der Waals surface area contributed by atoms with Gasteiger partial charge in [-0.05, 0) is 61.4 Å². The van der Waals surface area contributed by atoms with Crippen molar-refractivity contribution >= 4 is 39.3 Å². The van der Waals surface area contributed by atoms with E-state index in [0.29, 0.717) is 22.5 Å². The third-order valence-corrected chi connectivity index (χ3v) is 11.3. The smallest absolute Gasteiger partial charge is 0.413 e. The first kappa shape index (κ1) is 39.0. The molecule has 1 aromatic heterocycles. The van der Waals surface area contributed by atoms with E-state index in [2.05, 4.69) is 10.6 Å². The van der Waals surface area contributed by atoms with Crippen molar-refractivity contribution in [1.29, 1.82) is 0 Å². The van der Waals surface area contributed by atoms with Crippen LogP contribution < -0.4 is 16.4 Å². The van der Waals surface area contributed by atoms with Gasteiger partial charge in [-0.25, -0.2) is 13.2 Å². The number of hydrogen-bond acceptors (Lipinski definition) is 8. The van der Waals surface area contributed by atoms with Gasteiger partial charge in [-0.3, -0.25) is 9.59 Å². The number of aliphatic hydroxyl groups is 1. The summed E-state index contributed by atoms with van der Waals surface area (Å²) in [5.41, 5.74) is 6.40. The maximum Gasteiger partial charge on any atom is 0.413 e. The summed E-state index contributed by atoms with van der Waals surface area (Å²) in [5.74, 6) is -2.87. The summed E-state index contributed by atoms with van der Waals surface area (Å²) in [6, 6.07) is 17.9. The number of sulfonamides is 1. The lowest BCUT2D eigenvalue weighted by atomic mass is 9.84. The molecule has 0 saturated heterocycles. The monoisotopic (exact) mass is 746 g/mol. The number of ether oxygens (including phenoxy) is 1. The van der Waals surface area contributed by atoms with Crippen LogP contribution in [0.25, 0.3) is 0 Å². The van der Waals surface area contributed by atoms with Crippen molar-refractivity contribution in [3.05, 3.63) is 124 Å². The summed E-state index contributed by atoms with van der Waals surface area (Å²) in [6.45, 7) is 2.28. The van der Waals surface area contributed by atoms with E-state index >= 15 is 0 Å². The molecule has 0 aliphatic rings. The first-order valence-corrected chi connectivity index (χ1v) is 17.8. The van der Waals surface area contributed by atoms with Gasteiger partial charge in [0.25, 0.3) is 0 Å². The Labute approximate surface area is 297 Å². The molecule has 3 atom stereocenters. The Bertz CT molecular complexity index is 1870. The molecule has 3 aromatic carbocycles. The molecule has 272 valence electrons. The second kappa shape index (κ2) is 16.5. The second-order valence-corrected chi connectivity index (χ2v) is 14.6. The number of halogens is 3. The van der Waals surface area contributed by atoms with Gasteiger partial charge in [0.1, 0.15) is 6.04 Å². The predicted octanol–water partition coefficient (Wildman–Crippen LogP) is 5.26. The Hall–Kier alpha value is -4.77. The average Bonchev–Trinajstić information content (AvgIpc) is 3.58. The number of carbonyl (C=O) groups excluding carboxylic acids is 3. The molecule has 0 aliphatic carbocycles. The van der Waals surface area contributed by atoms with Crippen molar-refractivity contribution in [2.24, 2.45) is 5.73 Å². The fourth-order valence-electron chi connectivity index (χ4n) is 5.65. The largest absolute Gasteiger partial charge is 0.453 e. The normalized spacial score (nSPS) is 13.8. The van der Waals surface area contributed by atoms with E-state index < -0.39 is 75.7 Å². The molecule has 0 aliphatic heterocycles. The van der Waals surface area contributed by atoms with Crippen LogP contribution in [-0.4, -0.2) is 67.7 Å². The average molecular weight is 747 g/mol. The molecule has 11 nitrogen and oxygen atoms in total. The van der Waals surface area contributed by atoms with Gasteiger partial charge in [-0.2, -0.15) is 17.5 Å². The zero-order valence-electron chi connectivity index (χ0n) is 27.7. The summed E-state index contributed by atoms with van der Waals surface area (Å²) in [4.78, 5) is 37.3. The molecule has 4 aromatic rings. The van der Waals surface area contributed by atoms with Crippen molar-refractivity contribution in [1.82, 2.24) is 14.9 Å². The van der Waals surface area contributed by atoms with Gasteiger partial charge >= 0.3 is 12.3 Å². The van der Waals surface area contributed by atoms with E-state index in [-0.39, 0.29) is 15.3 Å². The number of alkyl halides is 3. The number of nitrogens with zero attached hydrogens (tertiary/aromatic N) is 1. The Morgan fingerprint density at radius 2 is 1.39 bits per heavy atom. The number of nitrogens with two attached hydrogens (primary N) is 1. The van der Waals surface area contributed by atoms with Crippen LogP contribution in [0.4, 0.5) is 18.0 Å². The van der Waals surface area contributed by atoms with Crippen LogP contribution in [0.5, 0.6) is 0 Å². The van der Waals surface area contributed by atoms with Crippen LogP contribution in [0, 0.1) is 0 Å². The highest BCUT2D eigenvalue weighted by molar-refractivity contribution is 7.89. The van der Waals surface area contributed by atoms with Crippen molar-refractivity contribution in [3.63, 3.8) is 0 Å².